The van der Waals surface area contributed by atoms with Crippen molar-refractivity contribution in [2.45, 2.75) is 6.42 Å². The summed E-state index contributed by atoms with van der Waals surface area (Å²) in [5, 5.41) is 9.77. The molecule has 0 aromatic heterocycles. The number of aliphatic hydroxyl groups is 1. The van der Waals surface area contributed by atoms with E-state index in [-0.39, 0.29) is 28.9 Å². The van der Waals surface area contributed by atoms with Gasteiger partial charge < -0.3 is 9.84 Å². The SMILES string of the molecule is C=CCC1=C(O)C(=O)c2cc(OC)ccc2C1=O. The van der Waals surface area contributed by atoms with Crippen molar-refractivity contribution in [2.75, 3.05) is 7.11 Å². The maximum absolute atomic E-state index is 12.1. The molecule has 2 rings (SSSR count). The minimum atomic E-state index is -0.555. The molecule has 0 amide bonds. The molecule has 1 aromatic carbocycles. The van der Waals surface area contributed by atoms with Crippen LogP contribution in [0.5, 0.6) is 5.75 Å². The van der Waals surface area contributed by atoms with Crippen molar-refractivity contribution >= 4 is 11.6 Å². The third-order valence-electron chi connectivity index (χ3n) is 2.84. The number of ether oxygens (including phenoxy) is 1. The van der Waals surface area contributed by atoms with Crippen molar-refractivity contribution in [1.29, 1.82) is 0 Å². The third-order valence-corrected chi connectivity index (χ3v) is 2.84. The third kappa shape index (κ3) is 1.72. The zero-order chi connectivity index (χ0) is 13.3. The topological polar surface area (TPSA) is 63.6 Å². The number of ketones is 2. The Morgan fingerprint density at radius 3 is 2.61 bits per heavy atom. The van der Waals surface area contributed by atoms with Gasteiger partial charge in [-0.2, -0.15) is 0 Å². The van der Waals surface area contributed by atoms with Crippen LogP contribution < -0.4 is 4.74 Å². The number of methoxy groups -OCH3 is 1. The van der Waals surface area contributed by atoms with Crippen LogP contribution in [0.2, 0.25) is 0 Å². The summed E-state index contributed by atoms with van der Waals surface area (Å²) in [6.45, 7) is 3.50. The molecule has 0 unspecified atom stereocenters. The lowest BCUT2D eigenvalue weighted by atomic mass is 9.86. The Bertz CT molecular complexity index is 581. The van der Waals surface area contributed by atoms with Crippen LogP contribution in [0.3, 0.4) is 0 Å². The Morgan fingerprint density at radius 2 is 2.00 bits per heavy atom. The summed E-state index contributed by atoms with van der Waals surface area (Å²) in [6, 6.07) is 4.60. The lowest BCUT2D eigenvalue weighted by Gasteiger charge is -2.17. The van der Waals surface area contributed by atoms with Crippen molar-refractivity contribution in [1.82, 2.24) is 0 Å². The van der Waals surface area contributed by atoms with E-state index in [4.69, 9.17) is 4.74 Å². The van der Waals surface area contributed by atoms with Gasteiger partial charge in [0.15, 0.2) is 11.5 Å². The molecule has 92 valence electrons. The van der Waals surface area contributed by atoms with Crippen molar-refractivity contribution in [3.8, 4) is 5.75 Å². The molecule has 0 saturated heterocycles. The van der Waals surface area contributed by atoms with Gasteiger partial charge in [-0.3, -0.25) is 9.59 Å². The largest absolute Gasteiger partial charge is 0.504 e. The van der Waals surface area contributed by atoms with Gasteiger partial charge in [-0.1, -0.05) is 6.08 Å². The predicted molar refractivity (Wildman–Crippen MR) is 66.1 cm³/mol. The van der Waals surface area contributed by atoms with Crippen molar-refractivity contribution in [3.05, 3.63) is 53.3 Å². The first-order valence-electron chi connectivity index (χ1n) is 5.40. The summed E-state index contributed by atoms with van der Waals surface area (Å²) in [4.78, 5) is 24.1. The average Bonchev–Trinajstić information content (AvgIpc) is 2.40. The summed E-state index contributed by atoms with van der Waals surface area (Å²) >= 11 is 0. The average molecular weight is 244 g/mol. The Kier molecular flexibility index (Phi) is 3.02. The molecule has 0 saturated carbocycles. The summed E-state index contributed by atoms with van der Waals surface area (Å²) in [7, 11) is 1.47. The van der Waals surface area contributed by atoms with E-state index in [1.165, 1.54) is 25.3 Å². The van der Waals surface area contributed by atoms with E-state index in [0.29, 0.717) is 5.75 Å². The minimum Gasteiger partial charge on any atom is -0.504 e. The highest BCUT2D eigenvalue weighted by Crippen LogP contribution is 2.29. The van der Waals surface area contributed by atoms with E-state index in [1.807, 2.05) is 0 Å². The highest BCUT2D eigenvalue weighted by Gasteiger charge is 2.31. The van der Waals surface area contributed by atoms with Gasteiger partial charge >= 0.3 is 0 Å². The van der Waals surface area contributed by atoms with E-state index in [1.54, 1.807) is 6.07 Å². The number of benzene rings is 1. The van der Waals surface area contributed by atoms with Crippen LogP contribution >= 0.6 is 0 Å². The van der Waals surface area contributed by atoms with E-state index >= 15 is 0 Å². The maximum Gasteiger partial charge on any atom is 0.228 e. The summed E-state index contributed by atoms with van der Waals surface area (Å²) in [5.41, 5.74) is 0.549. The summed E-state index contributed by atoms with van der Waals surface area (Å²) in [5.74, 6) is -0.930. The molecule has 0 radical (unpaired) electrons. The Labute approximate surface area is 104 Å². The van der Waals surface area contributed by atoms with Crippen LogP contribution in [-0.4, -0.2) is 23.8 Å². The second kappa shape index (κ2) is 4.49. The van der Waals surface area contributed by atoms with Crippen LogP contribution in [0.1, 0.15) is 27.1 Å². The van der Waals surface area contributed by atoms with Gasteiger partial charge in [-0.05, 0) is 24.6 Å². The van der Waals surface area contributed by atoms with E-state index in [0.717, 1.165) is 0 Å². The molecule has 18 heavy (non-hydrogen) atoms. The van der Waals surface area contributed by atoms with Crippen LogP contribution in [0.25, 0.3) is 0 Å². The van der Waals surface area contributed by atoms with E-state index in [9.17, 15) is 14.7 Å². The lowest BCUT2D eigenvalue weighted by molar-refractivity contribution is 0.0927. The molecular formula is C14H12O4. The van der Waals surface area contributed by atoms with Gasteiger partial charge in [0, 0.05) is 16.7 Å². The monoisotopic (exact) mass is 244 g/mol. The zero-order valence-electron chi connectivity index (χ0n) is 9.90. The number of Topliss-reactive ketones (excluding diaryl/α,β-unsaturated/α-hetero) is 2. The number of allylic oxidation sites excluding steroid dienone is 3. The fourth-order valence-electron chi connectivity index (χ4n) is 1.90. The van der Waals surface area contributed by atoms with Gasteiger partial charge in [-0.25, -0.2) is 0 Å². The zero-order valence-corrected chi connectivity index (χ0v) is 9.90. The van der Waals surface area contributed by atoms with Crippen LogP contribution in [0, 0.1) is 0 Å². The fourth-order valence-corrected chi connectivity index (χ4v) is 1.90. The van der Waals surface area contributed by atoms with Crippen LogP contribution in [0.4, 0.5) is 0 Å². The molecule has 0 spiro atoms. The van der Waals surface area contributed by atoms with Gasteiger partial charge in [0.05, 0.1) is 7.11 Å². The van der Waals surface area contributed by atoms with Crippen LogP contribution in [0.15, 0.2) is 42.2 Å². The predicted octanol–water partition coefficient (Wildman–Crippen LogP) is 2.46. The smallest absolute Gasteiger partial charge is 0.228 e. The van der Waals surface area contributed by atoms with Crippen molar-refractivity contribution in [2.24, 2.45) is 0 Å². The normalized spacial score (nSPS) is 14.5. The molecule has 4 nitrogen and oxygen atoms in total. The Morgan fingerprint density at radius 1 is 1.28 bits per heavy atom. The molecule has 1 aliphatic rings. The van der Waals surface area contributed by atoms with Crippen molar-refractivity contribution < 1.29 is 19.4 Å². The molecule has 0 bridgehead atoms. The second-order valence-electron chi connectivity index (χ2n) is 3.89. The number of carbonyl (C=O) groups excluding carboxylic acids is 2. The first-order chi connectivity index (χ1) is 8.60. The number of rotatable bonds is 3. The molecule has 0 fully saturated rings. The molecule has 1 N–H and O–H groups in total. The molecule has 4 heteroatoms. The van der Waals surface area contributed by atoms with Gasteiger partial charge in [0.25, 0.3) is 0 Å². The quantitative estimate of drug-likeness (QED) is 0.829. The lowest BCUT2D eigenvalue weighted by Crippen LogP contribution is -2.21. The van der Waals surface area contributed by atoms with Gasteiger partial charge in [0.2, 0.25) is 5.78 Å². The Hall–Kier alpha value is -2.36. The van der Waals surface area contributed by atoms with E-state index < -0.39 is 11.5 Å². The second-order valence-corrected chi connectivity index (χ2v) is 3.89. The minimum absolute atomic E-state index is 0.0904. The molecular weight excluding hydrogens is 232 g/mol. The summed E-state index contributed by atoms with van der Waals surface area (Å²) < 4.78 is 5.00. The molecule has 1 aliphatic carbocycles. The Balaban J connectivity index is 2.60. The number of hydrogen-bond donors (Lipinski definition) is 1. The highest BCUT2D eigenvalue weighted by molar-refractivity contribution is 6.26. The molecule has 0 heterocycles. The summed E-state index contributed by atoms with van der Waals surface area (Å²) in [6.07, 6.45) is 1.65. The number of fused-ring (bicyclic) bond motifs is 1. The number of aliphatic hydroxyl groups excluding tert-OH is 1. The first kappa shape index (κ1) is 12.1. The number of carbonyl (C=O) groups is 2. The molecule has 0 atom stereocenters. The first-order valence-corrected chi connectivity index (χ1v) is 5.40. The number of hydrogen-bond acceptors (Lipinski definition) is 4. The van der Waals surface area contributed by atoms with Gasteiger partial charge in [0.1, 0.15) is 5.75 Å². The highest BCUT2D eigenvalue weighted by atomic mass is 16.5. The fraction of sp³-hybridized carbons (Fsp3) is 0.143. The van der Waals surface area contributed by atoms with Gasteiger partial charge in [-0.15, -0.1) is 6.58 Å². The maximum atomic E-state index is 12.1. The molecule has 0 aliphatic heterocycles. The molecule has 1 aromatic rings. The standard InChI is InChI=1S/C14H12O4/c1-3-4-10-12(15)9-6-5-8(18-2)7-11(9)14(17)13(10)16/h3,5-7,16H,1,4H2,2H3. The van der Waals surface area contributed by atoms with Crippen molar-refractivity contribution in [3.63, 3.8) is 0 Å². The van der Waals surface area contributed by atoms with E-state index in [2.05, 4.69) is 6.58 Å². The van der Waals surface area contributed by atoms with Crippen LogP contribution in [-0.2, 0) is 0 Å².